The first-order valence-corrected chi connectivity index (χ1v) is 13.6. The van der Waals surface area contributed by atoms with Crippen molar-refractivity contribution in [3.8, 4) is 17.2 Å². The van der Waals surface area contributed by atoms with Gasteiger partial charge in [-0.3, -0.25) is 9.10 Å². The third kappa shape index (κ3) is 6.39. The van der Waals surface area contributed by atoms with Crippen molar-refractivity contribution in [2.24, 2.45) is 0 Å². The summed E-state index contributed by atoms with van der Waals surface area (Å²) in [6, 6.07) is 24.4. The lowest BCUT2D eigenvalue weighted by Gasteiger charge is -2.24. The molecule has 10 heteroatoms. The second kappa shape index (κ2) is 11.8. The van der Waals surface area contributed by atoms with Crippen LogP contribution in [0, 0.1) is 6.92 Å². The van der Waals surface area contributed by atoms with Gasteiger partial charge < -0.3 is 14.8 Å². The molecule has 0 spiro atoms. The number of benzene rings is 4. The van der Waals surface area contributed by atoms with Crippen LogP contribution in [-0.4, -0.2) is 28.0 Å². The number of ether oxygens (including phenoxy) is 2. The number of rotatable bonds is 9. The molecular weight excluding hydrogens is 547 g/mol. The van der Waals surface area contributed by atoms with E-state index in [1.54, 1.807) is 60.7 Å². The number of carbonyl (C=O) groups excluding carboxylic acids is 1. The molecule has 0 unspecified atom stereocenters. The summed E-state index contributed by atoms with van der Waals surface area (Å²) in [5.74, 6) is 0.616. The molecule has 0 aliphatic rings. The van der Waals surface area contributed by atoms with E-state index in [1.165, 1.54) is 37.4 Å². The van der Waals surface area contributed by atoms with Crippen LogP contribution in [0.3, 0.4) is 0 Å². The van der Waals surface area contributed by atoms with Gasteiger partial charge in [-0.15, -0.1) is 0 Å². The molecule has 0 aromatic heterocycles. The van der Waals surface area contributed by atoms with Gasteiger partial charge in [0.1, 0.15) is 6.54 Å². The van der Waals surface area contributed by atoms with Crippen LogP contribution in [0.25, 0.3) is 0 Å². The third-order valence-corrected chi connectivity index (χ3v) is 7.79. The van der Waals surface area contributed by atoms with Crippen LogP contribution in [0.4, 0.5) is 11.4 Å². The van der Waals surface area contributed by atoms with Gasteiger partial charge in [-0.05, 0) is 73.7 Å². The monoisotopic (exact) mass is 570 g/mol. The highest BCUT2D eigenvalue weighted by molar-refractivity contribution is 7.92. The van der Waals surface area contributed by atoms with E-state index >= 15 is 0 Å². The Morgan fingerprint density at radius 3 is 2.13 bits per heavy atom. The van der Waals surface area contributed by atoms with Crippen LogP contribution in [-0.2, 0) is 14.8 Å². The van der Waals surface area contributed by atoms with E-state index in [-0.39, 0.29) is 16.3 Å². The van der Waals surface area contributed by atoms with E-state index in [1.807, 2.05) is 6.92 Å². The number of anilines is 2. The molecule has 7 nitrogen and oxygen atoms in total. The highest BCUT2D eigenvalue weighted by Crippen LogP contribution is 2.36. The molecule has 0 bridgehead atoms. The zero-order valence-corrected chi connectivity index (χ0v) is 22.8. The first kappa shape index (κ1) is 27.3. The standard InChI is InChI=1S/C28H24Cl2N2O5S/c1-19-7-14-23(15-8-19)38(34,35)32(22-12-9-20(29)10-13-22)18-28(33)31-24-17-21(30)11-16-25(24)37-27-6-4-3-5-26(27)36-2/h3-17H,18H2,1-2H3,(H,31,33). The van der Waals surface area contributed by atoms with Crippen molar-refractivity contribution in [1.82, 2.24) is 0 Å². The van der Waals surface area contributed by atoms with Gasteiger partial charge >= 0.3 is 0 Å². The summed E-state index contributed by atoms with van der Waals surface area (Å²) >= 11 is 12.2. The van der Waals surface area contributed by atoms with Gasteiger partial charge in [-0.25, -0.2) is 8.42 Å². The molecule has 0 radical (unpaired) electrons. The van der Waals surface area contributed by atoms with Gasteiger partial charge in [0, 0.05) is 10.0 Å². The average Bonchev–Trinajstić information content (AvgIpc) is 2.90. The van der Waals surface area contributed by atoms with E-state index in [0.717, 1.165) is 9.87 Å². The average molecular weight is 571 g/mol. The predicted octanol–water partition coefficient (Wildman–Crippen LogP) is 6.94. The topological polar surface area (TPSA) is 84.9 Å². The number of methoxy groups -OCH3 is 1. The maximum Gasteiger partial charge on any atom is 0.264 e. The fraction of sp³-hybridized carbons (Fsp3) is 0.107. The predicted molar refractivity (Wildman–Crippen MR) is 150 cm³/mol. The van der Waals surface area contributed by atoms with Crippen LogP contribution in [0.2, 0.25) is 10.0 Å². The first-order chi connectivity index (χ1) is 18.2. The van der Waals surface area contributed by atoms with Crippen molar-refractivity contribution in [3.05, 3.63) is 107 Å². The minimum Gasteiger partial charge on any atom is -0.493 e. The smallest absolute Gasteiger partial charge is 0.264 e. The number of carbonyl (C=O) groups is 1. The SMILES string of the molecule is COc1ccccc1Oc1ccc(Cl)cc1NC(=O)CN(c1ccc(Cl)cc1)S(=O)(=O)c1ccc(C)cc1. The van der Waals surface area contributed by atoms with Crippen molar-refractivity contribution in [2.75, 3.05) is 23.3 Å². The van der Waals surface area contributed by atoms with Crippen LogP contribution >= 0.6 is 23.2 Å². The number of hydrogen-bond acceptors (Lipinski definition) is 5. The molecule has 0 fully saturated rings. The molecule has 4 rings (SSSR count). The molecular formula is C28H24Cl2N2O5S. The minimum absolute atomic E-state index is 0.0498. The molecule has 4 aromatic carbocycles. The Morgan fingerprint density at radius 2 is 1.47 bits per heavy atom. The maximum atomic E-state index is 13.6. The van der Waals surface area contributed by atoms with Crippen LogP contribution in [0.1, 0.15) is 5.56 Å². The summed E-state index contributed by atoms with van der Waals surface area (Å²) in [5, 5.41) is 3.52. The number of para-hydroxylation sites is 2. The normalized spacial score (nSPS) is 11.1. The fourth-order valence-corrected chi connectivity index (χ4v) is 5.31. The second-order valence-corrected chi connectivity index (χ2v) is 11.0. The van der Waals surface area contributed by atoms with Crippen molar-refractivity contribution in [3.63, 3.8) is 0 Å². The summed E-state index contributed by atoms with van der Waals surface area (Å²) in [7, 11) is -2.57. The highest BCUT2D eigenvalue weighted by atomic mass is 35.5. The number of nitrogens with one attached hydrogen (secondary N) is 1. The second-order valence-electron chi connectivity index (χ2n) is 8.24. The summed E-state index contributed by atoms with van der Waals surface area (Å²) in [5.41, 5.74) is 1.45. The Balaban J connectivity index is 1.64. The summed E-state index contributed by atoms with van der Waals surface area (Å²) in [6.45, 7) is 1.34. The Bertz CT molecular complexity index is 1540. The van der Waals surface area contributed by atoms with E-state index in [9.17, 15) is 13.2 Å². The van der Waals surface area contributed by atoms with Crippen molar-refractivity contribution >= 4 is 50.5 Å². The van der Waals surface area contributed by atoms with Gasteiger partial charge in [-0.1, -0.05) is 53.0 Å². The summed E-state index contributed by atoms with van der Waals surface area (Å²) in [4.78, 5) is 13.3. The number of sulfonamides is 1. The number of halogens is 2. The third-order valence-electron chi connectivity index (χ3n) is 5.52. The van der Waals surface area contributed by atoms with Gasteiger partial charge in [0.2, 0.25) is 5.91 Å². The van der Waals surface area contributed by atoms with Crippen LogP contribution in [0.15, 0.2) is 95.9 Å². The lowest BCUT2D eigenvalue weighted by Crippen LogP contribution is -2.38. The van der Waals surface area contributed by atoms with Gasteiger partial charge in [0.15, 0.2) is 17.2 Å². The van der Waals surface area contributed by atoms with E-state index in [2.05, 4.69) is 5.32 Å². The first-order valence-electron chi connectivity index (χ1n) is 11.4. The van der Waals surface area contributed by atoms with E-state index in [0.29, 0.717) is 27.3 Å². The molecule has 0 heterocycles. The van der Waals surface area contributed by atoms with Gasteiger partial charge in [-0.2, -0.15) is 0 Å². The maximum absolute atomic E-state index is 13.6. The molecule has 0 aliphatic heterocycles. The molecule has 0 aliphatic carbocycles. The lowest BCUT2D eigenvalue weighted by atomic mass is 10.2. The molecule has 4 aromatic rings. The number of hydrogen-bond donors (Lipinski definition) is 1. The van der Waals surface area contributed by atoms with Crippen LogP contribution < -0.4 is 19.1 Å². The Kier molecular flexibility index (Phi) is 8.46. The largest absolute Gasteiger partial charge is 0.493 e. The molecule has 1 N–H and O–H groups in total. The van der Waals surface area contributed by atoms with Crippen molar-refractivity contribution < 1.29 is 22.7 Å². The Hall–Kier alpha value is -3.72. The van der Waals surface area contributed by atoms with E-state index in [4.69, 9.17) is 32.7 Å². The Morgan fingerprint density at radius 1 is 0.842 bits per heavy atom. The molecule has 38 heavy (non-hydrogen) atoms. The zero-order valence-electron chi connectivity index (χ0n) is 20.5. The zero-order chi connectivity index (χ0) is 27.3. The van der Waals surface area contributed by atoms with Crippen LogP contribution in [0.5, 0.6) is 17.2 Å². The minimum atomic E-state index is -4.09. The lowest BCUT2D eigenvalue weighted by molar-refractivity contribution is -0.114. The van der Waals surface area contributed by atoms with Gasteiger partial charge in [0.05, 0.1) is 23.4 Å². The number of nitrogens with zero attached hydrogens (tertiary/aromatic N) is 1. The molecule has 0 atom stereocenters. The van der Waals surface area contributed by atoms with Crippen molar-refractivity contribution in [2.45, 2.75) is 11.8 Å². The number of amides is 1. The Labute approximate surface area is 231 Å². The summed E-state index contributed by atoms with van der Waals surface area (Å²) in [6.07, 6.45) is 0. The quantitative estimate of drug-likeness (QED) is 0.235. The van der Waals surface area contributed by atoms with Gasteiger partial charge in [0.25, 0.3) is 10.0 Å². The summed E-state index contributed by atoms with van der Waals surface area (Å²) < 4.78 is 39.6. The molecule has 196 valence electrons. The fourth-order valence-electron chi connectivity index (χ4n) is 3.59. The highest BCUT2D eigenvalue weighted by Gasteiger charge is 2.27. The number of aryl methyl sites for hydroxylation is 1. The molecule has 1 amide bonds. The van der Waals surface area contributed by atoms with Crippen molar-refractivity contribution in [1.29, 1.82) is 0 Å². The molecule has 0 saturated carbocycles. The molecule has 0 saturated heterocycles. The van der Waals surface area contributed by atoms with E-state index < -0.39 is 22.5 Å².